The third-order valence-electron chi connectivity index (χ3n) is 7.41. The highest BCUT2D eigenvalue weighted by molar-refractivity contribution is 5.84. The molecule has 2 atom stereocenters. The van der Waals surface area contributed by atoms with Gasteiger partial charge < -0.3 is 28.7 Å². The van der Waals surface area contributed by atoms with Crippen LogP contribution in [0, 0.1) is 0 Å². The van der Waals surface area contributed by atoms with Crippen molar-refractivity contribution in [3.8, 4) is 11.6 Å². The fraction of sp³-hybridized carbons (Fsp3) is 0.367. The highest BCUT2D eigenvalue weighted by atomic mass is 16.6. The summed E-state index contributed by atoms with van der Waals surface area (Å²) in [5.41, 5.74) is 3.73. The van der Waals surface area contributed by atoms with Gasteiger partial charge in [0.2, 0.25) is 5.88 Å². The Hall–Kier alpha value is -4.31. The lowest BCUT2D eigenvalue weighted by atomic mass is 10.00. The number of carbonyl (C=O) groups is 1. The summed E-state index contributed by atoms with van der Waals surface area (Å²) >= 11 is 0. The molecule has 1 aliphatic rings. The standard InChI is InChI=1S/C30H35N5O5/c1-33(30(36)40-20-22-8-6-5-7-9-22)26-14-15-34(19-27(26)38-3)23-16-25-28(31-17-23)35(32-29(25)39-4)18-21-10-12-24(37-2)13-11-21/h5-13,16-17,26-27H,14-15,18-20H2,1-4H3/t26-,27+/m1/s1. The molecule has 210 valence electrons. The van der Waals surface area contributed by atoms with Gasteiger partial charge in [0.1, 0.15) is 12.4 Å². The molecule has 10 heteroatoms. The number of anilines is 1. The van der Waals surface area contributed by atoms with E-state index in [1.54, 1.807) is 33.3 Å². The summed E-state index contributed by atoms with van der Waals surface area (Å²) in [6, 6.07) is 19.5. The molecule has 0 spiro atoms. The second-order valence-corrected chi connectivity index (χ2v) is 9.81. The highest BCUT2D eigenvalue weighted by Gasteiger charge is 2.35. The molecule has 4 aromatic rings. The molecule has 0 unspecified atom stereocenters. The zero-order valence-corrected chi connectivity index (χ0v) is 23.3. The van der Waals surface area contributed by atoms with E-state index in [1.807, 2.05) is 65.5 Å². The maximum Gasteiger partial charge on any atom is 0.410 e. The number of nitrogens with zero attached hydrogens (tertiary/aromatic N) is 5. The van der Waals surface area contributed by atoms with Crippen LogP contribution < -0.4 is 14.4 Å². The smallest absolute Gasteiger partial charge is 0.410 e. The van der Waals surface area contributed by atoms with Gasteiger partial charge >= 0.3 is 6.09 Å². The third-order valence-corrected chi connectivity index (χ3v) is 7.41. The normalized spacial score (nSPS) is 17.1. The van der Waals surface area contributed by atoms with Gasteiger partial charge in [0.25, 0.3) is 0 Å². The Morgan fingerprint density at radius 2 is 1.80 bits per heavy atom. The number of methoxy groups -OCH3 is 3. The lowest BCUT2D eigenvalue weighted by Crippen LogP contribution is -2.55. The fourth-order valence-electron chi connectivity index (χ4n) is 5.13. The minimum Gasteiger partial charge on any atom is -0.497 e. The Balaban J connectivity index is 1.28. The SMILES string of the molecule is COc1ccc(Cn2nc(OC)c3cc(N4CC[C@@H](N(C)C(=O)OCc5ccccc5)[C@@H](OC)C4)cnc32)cc1. The number of fused-ring (bicyclic) bond motifs is 1. The van der Waals surface area contributed by atoms with Crippen molar-refractivity contribution in [1.82, 2.24) is 19.7 Å². The van der Waals surface area contributed by atoms with E-state index in [2.05, 4.69) is 16.1 Å². The van der Waals surface area contributed by atoms with Crippen molar-refractivity contribution in [3.05, 3.63) is 78.0 Å². The van der Waals surface area contributed by atoms with Crippen LogP contribution in [0.4, 0.5) is 10.5 Å². The van der Waals surface area contributed by atoms with Crippen LogP contribution in [0.1, 0.15) is 17.5 Å². The largest absolute Gasteiger partial charge is 0.497 e. The Bertz CT molecular complexity index is 1430. The Morgan fingerprint density at radius 3 is 2.50 bits per heavy atom. The molecule has 3 heterocycles. The molecule has 2 aromatic carbocycles. The van der Waals surface area contributed by atoms with E-state index in [0.717, 1.165) is 46.6 Å². The molecule has 0 bridgehead atoms. The van der Waals surface area contributed by atoms with Crippen molar-refractivity contribution >= 4 is 22.8 Å². The summed E-state index contributed by atoms with van der Waals surface area (Å²) in [5.74, 6) is 1.33. The van der Waals surface area contributed by atoms with E-state index in [-0.39, 0.29) is 24.8 Å². The summed E-state index contributed by atoms with van der Waals surface area (Å²) in [4.78, 5) is 21.5. The van der Waals surface area contributed by atoms with Gasteiger partial charge in [0.05, 0.1) is 50.2 Å². The van der Waals surface area contributed by atoms with Gasteiger partial charge in [-0.1, -0.05) is 42.5 Å². The van der Waals surface area contributed by atoms with Crippen LogP contribution in [-0.2, 0) is 22.6 Å². The average Bonchev–Trinajstić information content (AvgIpc) is 3.36. The molecular weight excluding hydrogens is 510 g/mol. The lowest BCUT2D eigenvalue weighted by Gasteiger charge is -2.42. The Morgan fingerprint density at radius 1 is 1.02 bits per heavy atom. The van der Waals surface area contributed by atoms with Crippen molar-refractivity contribution in [3.63, 3.8) is 0 Å². The molecule has 1 amide bonds. The second-order valence-electron chi connectivity index (χ2n) is 9.81. The maximum absolute atomic E-state index is 12.8. The minimum atomic E-state index is -0.360. The molecule has 1 fully saturated rings. The number of pyridine rings is 1. The first kappa shape index (κ1) is 27.3. The van der Waals surface area contributed by atoms with Gasteiger partial charge in [-0.2, -0.15) is 0 Å². The predicted octanol–water partition coefficient (Wildman–Crippen LogP) is 4.36. The van der Waals surface area contributed by atoms with Crippen LogP contribution >= 0.6 is 0 Å². The summed E-state index contributed by atoms with van der Waals surface area (Å²) in [5, 5.41) is 5.50. The molecule has 0 aliphatic carbocycles. The molecule has 0 N–H and O–H groups in total. The molecular formula is C30H35N5O5. The molecule has 0 radical (unpaired) electrons. The second kappa shape index (κ2) is 12.3. The molecule has 5 rings (SSSR count). The van der Waals surface area contributed by atoms with Crippen molar-refractivity contribution in [2.45, 2.75) is 31.7 Å². The van der Waals surface area contributed by atoms with Gasteiger partial charge in [-0.05, 0) is 35.7 Å². The first-order valence-electron chi connectivity index (χ1n) is 13.3. The maximum atomic E-state index is 12.8. The summed E-state index contributed by atoms with van der Waals surface area (Å²) in [6.45, 7) is 2.13. The zero-order valence-electron chi connectivity index (χ0n) is 23.3. The summed E-state index contributed by atoms with van der Waals surface area (Å²) in [7, 11) is 6.72. The first-order valence-corrected chi connectivity index (χ1v) is 13.3. The third kappa shape index (κ3) is 5.81. The monoisotopic (exact) mass is 545 g/mol. The van der Waals surface area contributed by atoms with Crippen molar-refractivity contribution in [2.24, 2.45) is 0 Å². The number of ether oxygens (including phenoxy) is 4. The molecule has 10 nitrogen and oxygen atoms in total. The first-order chi connectivity index (χ1) is 19.5. The number of hydrogen-bond donors (Lipinski definition) is 0. The quantitative estimate of drug-likeness (QED) is 0.307. The fourth-order valence-corrected chi connectivity index (χ4v) is 5.13. The minimum absolute atomic E-state index is 0.108. The number of hydrogen-bond acceptors (Lipinski definition) is 8. The van der Waals surface area contributed by atoms with Crippen molar-refractivity contribution in [2.75, 3.05) is 46.4 Å². The van der Waals surface area contributed by atoms with Crippen molar-refractivity contribution < 1.29 is 23.7 Å². The number of carbonyl (C=O) groups excluding carboxylic acids is 1. The molecule has 40 heavy (non-hydrogen) atoms. The highest BCUT2D eigenvalue weighted by Crippen LogP contribution is 2.30. The number of aromatic nitrogens is 3. The predicted molar refractivity (Wildman–Crippen MR) is 152 cm³/mol. The van der Waals surface area contributed by atoms with Crippen LogP contribution in [0.5, 0.6) is 11.6 Å². The summed E-state index contributed by atoms with van der Waals surface area (Å²) < 4.78 is 24.1. The summed E-state index contributed by atoms with van der Waals surface area (Å²) in [6.07, 6.45) is 2.03. The Labute approximate surface area is 234 Å². The van der Waals surface area contributed by atoms with Gasteiger partial charge in [0.15, 0.2) is 5.65 Å². The van der Waals surface area contributed by atoms with Crippen LogP contribution in [0.15, 0.2) is 66.9 Å². The Kier molecular flexibility index (Phi) is 8.35. The van der Waals surface area contributed by atoms with Gasteiger partial charge in [-0.3, -0.25) is 0 Å². The van der Waals surface area contributed by atoms with E-state index in [0.29, 0.717) is 19.0 Å². The van der Waals surface area contributed by atoms with Crippen LogP contribution in [0.3, 0.4) is 0 Å². The van der Waals surface area contributed by atoms with Crippen molar-refractivity contribution in [1.29, 1.82) is 0 Å². The molecule has 1 aliphatic heterocycles. The number of likely N-dealkylation sites (N-methyl/N-ethyl adjacent to an activating group) is 1. The van der Waals surface area contributed by atoms with E-state index in [4.69, 9.17) is 23.9 Å². The molecule has 2 aromatic heterocycles. The number of rotatable bonds is 9. The van der Waals surface area contributed by atoms with Gasteiger partial charge in [-0.15, -0.1) is 5.10 Å². The molecule has 0 saturated carbocycles. The van der Waals surface area contributed by atoms with Crippen LogP contribution in [-0.4, -0.2) is 79.4 Å². The average molecular weight is 546 g/mol. The van der Waals surface area contributed by atoms with E-state index in [1.165, 1.54) is 0 Å². The van der Waals surface area contributed by atoms with Crippen LogP contribution in [0.2, 0.25) is 0 Å². The number of amides is 1. The zero-order chi connectivity index (χ0) is 28.1. The molecule has 1 saturated heterocycles. The topological polar surface area (TPSA) is 91.2 Å². The number of piperidine rings is 1. The van der Waals surface area contributed by atoms with Gasteiger partial charge in [-0.25, -0.2) is 14.5 Å². The van der Waals surface area contributed by atoms with Gasteiger partial charge in [0, 0.05) is 27.2 Å². The lowest BCUT2D eigenvalue weighted by molar-refractivity contribution is 0.00862. The van der Waals surface area contributed by atoms with E-state index >= 15 is 0 Å². The number of benzene rings is 2. The van der Waals surface area contributed by atoms with E-state index in [9.17, 15) is 4.79 Å². The van der Waals surface area contributed by atoms with Crippen LogP contribution in [0.25, 0.3) is 11.0 Å². The van der Waals surface area contributed by atoms with E-state index < -0.39 is 0 Å².